The van der Waals surface area contributed by atoms with Gasteiger partial charge in [-0.25, -0.2) is 15.0 Å². The van der Waals surface area contributed by atoms with E-state index in [1.54, 1.807) is 11.3 Å². The van der Waals surface area contributed by atoms with Crippen molar-refractivity contribution < 1.29 is 9.47 Å². The lowest BCUT2D eigenvalue weighted by molar-refractivity contribution is 0.174. The fraction of sp³-hybridized carbons (Fsp3) is 0.105. The number of rotatable bonds is 4. The van der Waals surface area contributed by atoms with E-state index < -0.39 is 0 Å². The van der Waals surface area contributed by atoms with Gasteiger partial charge in [0.2, 0.25) is 6.79 Å². The second-order valence-corrected chi connectivity index (χ2v) is 7.32. The highest BCUT2D eigenvalue weighted by atomic mass is 32.1. The number of nitrogens with one attached hydrogen (secondary N) is 2. The molecule has 0 unspecified atom stereocenters. The minimum Gasteiger partial charge on any atom is -0.454 e. The summed E-state index contributed by atoms with van der Waals surface area (Å²) in [6.45, 7) is 2.28. The first-order chi connectivity index (χ1) is 13.7. The van der Waals surface area contributed by atoms with Crippen LogP contribution in [0.1, 0.15) is 5.56 Å². The smallest absolute Gasteiger partial charge is 0.231 e. The molecule has 140 valence electrons. The molecule has 3 heterocycles. The zero-order chi connectivity index (χ0) is 19.1. The first kappa shape index (κ1) is 16.6. The van der Waals surface area contributed by atoms with Crippen molar-refractivity contribution in [2.45, 2.75) is 6.92 Å². The summed E-state index contributed by atoms with van der Waals surface area (Å²) in [6, 6.07) is 11.7. The number of hydrogen-bond acceptors (Lipinski definition) is 9. The Balaban J connectivity index is 1.41. The number of nitrogens with two attached hydrogens (primary N) is 1. The lowest BCUT2D eigenvalue weighted by atomic mass is 10.2. The van der Waals surface area contributed by atoms with Crippen LogP contribution >= 0.6 is 11.3 Å². The molecule has 0 saturated heterocycles. The summed E-state index contributed by atoms with van der Waals surface area (Å²) >= 11 is 1.55. The van der Waals surface area contributed by atoms with Crippen LogP contribution in [0.15, 0.2) is 42.7 Å². The number of ether oxygens (including phenoxy) is 2. The second kappa shape index (κ2) is 6.54. The van der Waals surface area contributed by atoms with E-state index in [2.05, 4.69) is 38.6 Å². The molecule has 0 radical (unpaired) electrons. The molecule has 5 rings (SSSR count). The van der Waals surface area contributed by atoms with Gasteiger partial charge in [0, 0.05) is 11.8 Å². The fourth-order valence-corrected chi connectivity index (χ4v) is 3.86. The topological polar surface area (TPSA) is 107 Å². The van der Waals surface area contributed by atoms with Crippen molar-refractivity contribution in [1.82, 2.24) is 15.0 Å². The predicted octanol–water partition coefficient (Wildman–Crippen LogP) is 4.19. The first-order valence-electron chi connectivity index (χ1n) is 8.57. The van der Waals surface area contributed by atoms with E-state index in [9.17, 15) is 0 Å². The molecule has 0 bridgehead atoms. The van der Waals surface area contributed by atoms with Gasteiger partial charge in [-0.05, 0) is 36.8 Å². The van der Waals surface area contributed by atoms with E-state index in [4.69, 9.17) is 15.2 Å². The molecule has 9 heteroatoms. The van der Waals surface area contributed by atoms with E-state index in [1.165, 1.54) is 11.9 Å². The largest absolute Gasteiger partial charge is 0.454 e. The van der Waals surface area contributed by atoms with Crippen LogP contribution in [-0.2, 0) is 0 Å². The fourth-order valence-electron chi connectivity index (χ4n) is 2.89. The maximum Gasteiger partial charge on any atom is 0.231 e. The lowest BCUT2D eigenvalue weighted by Gasteiger charge is -2.11. The third kappa shape index (κ3) is 3.01. The van der Waals surface area contributed by atoms with Crippen LogP contribution in [0, 0.1) is 6.92 Å². The van der Waals surface area contributed by atoms with Crippen molar-refractivity contribution in [2.24, 2.45) is 0 Å². The third-order valence-corrected chi connectivity index (χ3v) is 5.22. The van der Waals surface area contributed by atoms with Gasteiger partial charge in [-0.1, -0.05) is 17.4 Å². The highest BCUT2D eigenvalue weighted by Gasteiger charge is 2.15. The zero-order valence-corrected chi connectivity index (χ0v) is 15.7. The van der Waals surface area contributed by atoms with Crippen molar-refractivity contribution >= 4 is 49.7 Å². The summed E-state index contributed by atoms with van der Waals surface area (Å²) < 4.78 is 11.8. The van der Waals surface area contributed by atoms with E-state index in [1.807, 2.05) is 30.3 Å². The molecule has 8 nitrogen and oxygen atoms in total. The van der Waals surface area contributed by atoms with Gasteiger partial charge in [0.25, 0.3) is 0 Å². The van der Waals surface area contributed by atoms with E-state index >= 15 is 0 Å². The second-order valence-electron chi connectivity index (χ2n) is 6.29. The van der Waals surface area contributed by atoms with Crippen LogP contribution in [0.25, 0.3) is 10.2 Å². The highest BCUT2D eigenvalue weighted by Crippen LogP contribution is 2.36. The molecule has 1 aliphatic heterocycles. The maximum atomic E-state index is 6.28. The molecule has 0 saturated carbocycles. The number of benzene rings is 2. The number of thiazole rings is 1. The van der Waals surface area contributed by atoms with Crippen LogP contribution < -0.4 is 25.8 Å². The molecule has 0 atom stereocenters. The Bertz CT molecular complexity index is 1190. The third-order valence-electron chi connectivity index (χ3n) is 4.29. The average molecular weight is 392 g/mol. The molecule has 2 aromatic heterocycles. The number of hydrogen-bond donors (Lipinski definition) is 3. The Hall–Kier alpha value is -3.59. The van der Waals surface area contributed by atoms with Crippen LogP contribution in [0.2, 0.25) is 0 Å². The van der Waals surface area contributed by atoms with Gasteiger partial charge in [0.15, 0.2) is 28.3 Å². The quantitative estimate of drug-likeness (QED) is 0.474. The number of anilines is 5. The van der Waals surface area contributed by atoms with Crippen molar-refractivity contribution in [1.29, 1.82) is 0 Å². The number of aromatic nitrogens is 3. The molecule has 0 fully saturated rings. The van der Waals surface area contributed by atoms with E-state index in [-0.39, 0.29) is 6.79 Å². The SMILES string of the molecule is Cc1ccc2nc(Nc3ncnc(Nc4ccc5c(c4)OCO5)c3N)sc2c1. The Morgan fingerprint density at radius 2 is 1.82 bits per heavy atom. The summed E-state index contributed by atoms with van der Waals surface area (Å²) in [6.07, 6.45) is 1.45. The molecular formula is C19H16N6O2S. The summed E-state index contributed by atoms with van der Waals surface area (Å²) in [5.74, 6) is 2.39. The number of aryl methyl sites for hydroxylation is 1. The normalized spacial score (nSPS) is 12.3. The average Bonchev–Trinajstić information content (AvgIpc) is 3.30. The molecule has 4 aromatic rings. The van der Waals surface area contributed by atoms with Gasteiger partial charge in [-0.2, -0.15) is 0 Å². The van der Waals surface area contributed by atoms with Crippen molar-refractivity contribution in [2.75, 3.05) is 23.2 Å². The van der Waals surface area contributed by atoms with Gasteiger partial charge >= 0.3 is 0 Å². The molecule has 28 heavy (non-hydrogen) atoms. The minimum atomic E-state index is 0.226. The Kier molecular flexibility index (Phi) is 3.87. The van der Waals surface area contributed by atoms with Crippen LogP contribution in [0.5, 0.6) is 11.5 Å². The maximum absolute atomic E-state index is 6.28. The molecule has 0 aliphatic carbocycles. The first-order valence-corrected chi connectivity index (χ1v) is 9.39. The monoisotopic (exact) mass is 392 g/mol. The van der Waals surface area contributed by atoms with Crippen molar-refractivity contribution in [3.05, 3.63) is 48.3 Å². The number of nitrogens with zero attached hydrogens (tertiary/aromatic N) is 3. The minimum absolute atomic E-state index is 0.226. The van der Waals surface area contributed by atoms with Gasteiger partial charge in [0.1, 0.15) is 12.0 Å². The molecule has 0 spiro atoms. The molecule has 2 aromatic carbocycles. The molecule has 0 amide bonds. The zero-order valence-electron chi connectivity index (χ0n) is 14.9. The number of nitrogen functional groups attached to an aromatic ring is 1. The Morgan fingerprint density at radius 1 is 1.00 bits per heavy atom. The molecule has 1 aliphatic rings. The van der Waals surface area contributed by atoms with Gasteiger partial charge < -0.3 is 25.8 Å². The lowest BCUT2D eigenvalue weighted by Crippen LogP contribution is -2.05. The summed E-state index contributed by atoms with van der Waals surface area (Å²) in [5.41, 5.74) is 9.60. The highest BCUT2D eigenvalue weighted by molar-refractivity contribution is 7.22. The molecular weight excluding hydrogens is 376 g/mol. The Morgan fingerprint density at radius 3 is 2.71 bits per heavy atom. The van der Waals surface area contributed by atoms with Gasteiger partial charge in [-0.3, -0.25) is 0 Å². The van der Waals surface area contributed by atoms with Crippen molar-refractivity contribution in [3.63, 3.8) is 0 Å². The number of fused-ring (bicyclic) bond motifs is 2. The van der Waals surface area contributed by atoms with Crippen LogP contribution in [0.4, 0.5) is 28.1 Å². The summed E-state index contributed by atoms with van der Waals surface area (Å²) in [5, 5.41) is 7.11. The standard InChI is InChI=1S/C19H16N6O2S/c1-10-2-4-12-15(6-10)28-19(24-12)25-18-16(20)17(21-8-22-18)23-11-3-5-13-14(7-11)27-9-26-13/h2-8H,9,20H2,1H3,(H2,21,22,23,24,25). The predicted molar refractivity (Wildman–Crippen MR) is 110 cm³/mol. The van der Waals surface area contributed by atoms with E-state index in [0.717, 1.165) is 26.8 Å². The van der Waals surface area contributed by atoms with Gasteiger partial charge in [0.05, 0.1) is 10.2 Å². The summed E-state index contributed by atoms with van der Waals surface area (Å²) in [7, 11) is 0. The van der Waals surface area contributed by atoms with Gasteiger partial charge in [-0.15, -0.1) is 0 Å². The van der Waals surface area contributed by atoms with Crippen LogP contribution in [0.3, 0.4) is 0 Å². The van der Waals surface area contributed by atoms with E-state index in [0.29, 0.717) is 23.1 Å². The van der Waals surface area contributed by atoms with Crippen LogP contribution in [-0.4, -0.2) is 21.7 Å². The molecule has 4 N–H and O–H groups in total. The summed E-state index contributed by atoms with van der Waals surface area (Å²) in [4.78, 5) is 13.1. The Labute approximate surface area is 164 Å². The van der Waals surface area contributed by atoms with Crippen molar-refractivity contribution in [3.8, 4) is 11.5 Å².